The standard InChI is InChI=1S/C11H16BrN3O/c1-7(6-16)15(2)10-5-9(12)13-11(14-10)8-3-4-8/h5,7-8,16H,3-4,6H2,1-2H3. The van der Waals surface area contributed by atoms with Crippen molar-refractivity contribution in [2.24, 2.45) is 0 Å². The summed E-state index contributed by atoms with van der Waals surface area (Å²) in [5.41, 5.74) is 0. The van der Waals surface area contributed by atoms with Crippen LogP contribution in [0, 0.1) is 0 Å². The molecule has 0 spiro atoms. The van der Waals surface area contributed by atoms with Gasteiger partial charge in [0.05, 0.1) is 12.6 Å². The van der Waals surface area contributed by atoms with Gasteiger partial charge in [-0.3, -0.25) is 0 Å². The molecule has 5 heteroatoms. The van der Waals surface area contributed by atoms with E-state index in [1.165, 1.54) is 12.8 Å². The lowest BCUT2D eigenvalue weighted by atomic mass is 10.3. The predicted molar refractivity (Wildman–Crippen MR) is 66.7 cm³/mol. The van der Waals surface area contributed by atoms with Crippen molar-refractivity contribution in [3.8, 4) is 0 Å². The molecule has 1 saturated carbocycles. The third kappa shape index (κ3) is 2.52. The van der Waals surface area contributed by atoms with Crippen LogP contribution in [0.3, 0.4) is 0 Å². The average Bonchev–Trinajstić information content (AvgIpc) is 3.10. The zero-order valence-corrected chi connectivity index (χ0v) is 11.1. The Labute approximate surface area is 104 Å². The van der Waals surface area contributed by atoms with Crippen LogP contribution in [0.5, 0.6) is 0 Å². The van der Waals surface area contributed by atoms with Crippen molar-refractivity contribution >= 4 is 21.7 Å². The van der Waals surface area contributed by atoms with Gasteiger partial charge in [0.2, 0.25) is 0 Å². The van der Waals surface area contributed by atoms with Gasteiger partial charge >= 0.3 is 0 Å². The predicted octanol–water partition coefficient (Wildman–Crippen LogP) is 1.93. The summed E-state index contributed by atoms with van der Waals surface area (Å²) in [5, 5.41) is 9.13. The Morgan fingerprint density at radius 1 is 1.56 bits per heavy atom. The lowest BCUT2D eigenvalue weighted by Crippen LogP contribution is -2.32. The Balaban J connectivity index is 2.25. The van der Waals surface area contributed by atoms with Gasteiger partial charge in [-0.15, -0.1) is 0 Å². The van der Waals surface area contributed by atoms with E-state index in [2.05, 4.69) is 25.9 Å². The van der Waals surface area contributed by atoms with Gasteiger partial charge in [-0.2, -0.15) is 0 Å². The third-order valence-corrected chi connectivity index (χ3v) is 3.33. The molecule has 0 radical (unpaired) electrons. The van der Waals surface area contributed by atoms with Crippen LogP contribution in [0.1, 0.15) is 31.5 Å². The van der Waals surface area contributed by atoms with Crippen molar-refractivity contribution in [2.45, 2.75) is 31.7 Å². The van der Waals surface area contributed by atoms with Crippen LogP contribution in [0.2, 0.25) is 0 Å². The van der Waals surface area contributed by atoms with Crippen molar-refractivity contribution in [1.29, 1.82) is 0 Å². The highest BCUT2D eigenvalue weighted by atomic mass is 79.9. The summed E-state index contributed by atoms with van der Waals surface area (Å²) in [6.45, 7) is 2.09. The molecule has 1 aliphatic rings. The molecule has 2 rings (SSSR count). The minimum absolute atomic E-state index is 0.0638. The van der Waals surface area contributed by atoms with Crippen molar-refractivity contribution in [1.82, 2.24) is 9.97 Å². The Morgan fingerprint density at radius 3 is 2.81 bits per heavy atom. The monoisotopic (exact) mass is 285 g/mol. The van der Waals surface area contributed by atoms with Crippen molar-refractivity contribution in [3.63, 3.8) is 0 Å². The molecule has 1 atom stereocenters. The largest absolute Gasteiger partial charge is 0.394 e. The number of nitrogens with zero attached hydrogens (tertiary/aromatic N) is 3. The second-order valence-electron chi connectivity index (χ2n) is 4.32. The van der Waals surface area contributed by atoms with Crippen LogP contribution >= 0.6 is 15.9 Å². The number of anilines is 1. The highest BCUT2D eigenvalue weighted by Crippen LogP contribution is 2.39. The first-order valence-electron chi connectivity index (χ1n) is 5.50. The molecule has 4 nitrogen and oxygen atoms in total. The maximum Gasteiger partial charge on any atom is 0.135 e. The number of rotatable bonds is 4. The van der Waals surface area contributed by atoms with Crippen LogP contribution in [0.15, 0.2) is 10.7 Å². The van der Waals surface area contributed by atoms with Crippen LogP contribution in [0.25, 0.3) is 0 Å². The molecule has 0 saturated heterocycles. The summed E-state index contributed by atoms with van der Waals surface area (Å²) < 4.78 is 0.816. The molecule has 1 aliphatic carbocycles. The van der Waals surface area contributed by atoms with Crippen molar-refractivity contribution < 1.29 is 5.11 Å². The summed E-state index contributed by atoms with van der Waals surface area (Å²) in [7, 11) is 1.94. The quantitative estimate of drug-likeness (QED) is 0.859. The molecule has 1 N–H and O–H groups in total. The molecule has 0 bridgehead atoms. The van der Waals surface area contributed by atoms with E-state index >= 15 is 0 Å². The normalized spacial score (nSPS) is 17.2. The van der Waals surface area contributed by atoms with Gasteiger partial charge in [-0.05, 0) is 35.7 Å². The molecular formula is C11H16BrN3O. The number of hydrogen-bond acceptors (Lipinski definition) is 4. The van der Waals surface area contributed by atoms with E-state index in [1.54, 1.807) is 0 Å². The first-order valence-corrected chi connectivity index (χ1v) is 6.29. The van der Waals surface area contributed by atoms with Gasteiger partial charge in [0.25, 0.3) is 0 Å². The van der Waals surface area contributed by atoms with E-state index in [-0.39, 0.29) is 12.6 Å². The maximum absolute atomic E-state index is 9.13. The maximum atomic E-state index is 9.13. The molecular weight excluding hydrogens is 270 g/mol. The second kappa shape index (κ2) is 4.67. The molecule has 1 aromatic rings. The van der Waals surface area contributed by atoms with E-state index < -0.39 is 0 Å². The lowest BCUT2D eigenvalue weighted by Gasteiger charge is -2.24. The Morgan fingerprint density at radius 2 is 2.25 bits per heavy atom. The fourth-order valence-corrected chi connectivity index (χ4v) is 1.86. The number of aliphatic hydroxyl groups is 1. The molecule has 88 valence electrons. The number of halogens is 1. The molecule has 1 heterocycles. The second-order valence-corrected chi connectivity index (χ2v) is 5.14. The SMILES string of the molecule is CC(CO)N(C)c1cc(Br)nc(C2CC2)n1. The van der Waals surface area contributed by atoms with Gasteiger partial charge < -0.3 is 10.0 Å². The number of hydrogen-bond donors (Lipinski definition) is 1. The number of likely N-dealkylation sites (N-methyl/N-ethyl adjacent to an activating group) is 1. The molecule has 1 fully saturated rings. The molecule has 1 aromatic heterocycles. The molecule has 16 heavy (non-hydrogen) atoms. The molecule has 0 aliphatic heterocycles. The first kappa shape index (κ1) is 11.8. The third-order valence-electron chi connectivity index (χ3n) is 2.93. The Bertz CT molecular complexity index is 381. The van der Waals surface area contributed by atoms with E-state index in [0.717, 1.165) is 16.2 Å². The molecule has 0 amide bonds. The number of aliphatic hydroxyl groups excluding tert-OH is 1. The van der Waals surface area contributed by atoms with E-state index in [4.69, 9.17) is 5.11 Å². The van der Waals surface area contributed by atoms with Crippen LogP contribution in [-0.2, 0) is 0 Å². The van der Waals surface area contributed by atoms with Gasteiger partial charge in [0, 0.05) is 19.0 Å². The molecule has 0 aromatic carbocycles. The van der Waals surface area contributed by atoms with Crippen LogP contribution < -0.4 is 4.90 Å². The van der Waals surface area contributed by atoms with Crippen LogP contribution in [-0.4, -0.2) is 34.8 Å². The zero-order chi connectivity index (χ0) is 11.7. The fourth-order valence-electron chi connectivity index (χ4n) is 1.48. The average molecular weight is 286 g/mol. The summed E-state index contributed by atoms with van der Waals surface area (Å²) >= 11 is 3.41. The fraction of sp³-hybridized carbons (Fsp3) is 0.636. The van der Waals surface area contributed by atoms with Crippen molar-refractivity contribution in [2.75, 3.05) is 18.6 Å². The van der Waals surface area contributed by atoms with Crippen LogP contribution in [0.4, 0.5) is 5.82 Å². The molecule has 1 unspecified atom stereocenters. The van der Waals surface area contributed by atoms with Crippen molar-refractivity contribution in [3.05, 3.63) is 16.5 Å². The number of aromatic nitrogens is 2. The van der Waals surface area contributed by atoms with E-state index in [0.29, 0.717) is 5.92 Å². The lowest BCUT2D eigenvalue weighted by molar-refractivity contribution is 0.269. The summed E-state index contributed by atoms with van der Waals surface area (Å²) in [6, 6.07) is 1.95. The summed E-state index contributed by atoms with van der Waals surface area (Å²) in [4.78, 5) is 10.9. The van der Waals surface area contributed by atoms with E-state index in [1.807, 2.05) is 24.9 Å². The minimum Gasteiger partial charge on any atom is -0.394 e. The van der Waals surface area contributed by atoms with E-state index in [9.17, 15) is 0 Å². The Hall–Kier alpha value is -0.680. The topological polar surface area (TPSA) is 49.2 Å². The summed E-state index contributed by atoms with van der Waals surface area (Å²) in [6.07, 6.45) is 2.38. The summed E-state index contributed by atoms with van der Waals surface area (Å²) in [5.74, 6) is 2.32. The zero-order valence-electron chi connectivity index (χ0n) is 9.52. The van der Waals surface area contributed by atoms with Gasteiger partial charge in [0.15, 0.2) is 0 Å². The minimum atomic E-state index is 0.0638. The smallest absolute Gasteiger partial charge is 0.135 e. The van der Waals surface area contributed by atoms with Gasteiger partial charge in [-0.1, -0.05) is 0 Å². The van der Waals surface area contributed by atoms with Gasteiger partial charge in [-0.25, -0.2) is 9.97 Å². The Kier molecular flexibility index (Phi) is 3.44. The highest BCUT2D eigenvalue weighted by molar-refractivity contribution is 9.10. The van der Waals surface area contributed by atoms with Gasteiger partial charge in [0.1, 0.15) is 16.2 Å². The first-order chi connectivity index (χ1) is 7.61. The highest BCUT2D eigenvalue weighted by Gasteiger charge is 2.27.